The highest BCUT2D eigenvalue weighted by molar-refractivity contribution is 5.86. The van der Waals surface area contributed by atoms with Crippen LogP contribution >= 0.6 is 0 Å². The molecule has 0 saturated carbocycles. The van der Waals surface area contributed by atoms with E-state index in [1.54, 1.807) is 6.92 Å². The molecule has 0 atom stereocenters. The lowest BCUT2D eigenvalue weighted by Crippen LogP contribution is -2.44. The van der Waals surface area contributed by atoms with Crippen molar-refractivity contribution in [3.8, 4) is 0 Å². The van der Waals surface area contributed by atoms with Crippen molar-refractivity contribution >= 4 is 5.97 Å². The maximum absolute atomic E-state index is 11.2. The number of nitrogens with zero attached hydrogens (tertiary/aromatic N) is 2. The van der Waals surface area contributed by atoms with E-state index in [0.29, 0.717) is 12.2 Å². The molecule has 4 nitrogen and oxygen atoms in total. The van der Waals surface area contributed by atoms with Crippen LogP contribution in [-0.4, -0.2) is 62.1 Å². The summed E-state index contributed by atoms with van der Waals surface area (Å²) in [5, 5.41) is 0. The Hall–Kier alpha value is -0.870. The summed E-state index contributed by atoms with van der Waals surface area (Å²) in [6.07, 6.45) is 11.5. The summed E-state index contributed by atoms with van der Waals surface area (Å²) in [7, 11) is 2.21. The summed E-state index contributed by atoms with van der Waals surface area (Å²) in [5.74, 6) is -0.258. The quantitative estimate of drug-likeness (QED) is 0.290. The van der Waals surface area contributed by atoms with Crippen molar-refractivity contribution in [1.29, 1.82) is 0 Å². The van der Waals surface area contributed by atoms with E-state index < -0.39 is 0 Å². The lowest BCUT2D eigenvalue weighted by atomic mass is 10.1. The smallest absolute Gasteiger partial charge is 0.333 e. The summed E-state index contributed by atoms with van der Waals surface area (Å²) in [5.41, 5.74) is 0.489. The number of carbonyl (C=O) groups is 1. The van der Waals surface area contributed by atoms with E-state index in [9.17, 15) is 4.79 Å². The van der Waals surface area contributed by atoms with Crippen LogP contribution in [0.25, 0.3) is 0 Å². The molecule has 0 N–H and O–H groups in total. The van der Waals surface area contributed by atoms with Crippen molar-refractivity contribution in [3.05, 3.63) is 12.2 Å². The molecule has 1 rings (SSSR count). The number of hydrogen-bond acceptors (Lipinski definition) is 4. The Labute approximate surface area is 149 Å². The van der Waals surface area contributed by atoms with Crippen LogP contribution < -0.4 is 0 Å². The first kappa shape index (κ1) is 21.2. The zero-order valence-electron chi connectivity index (χ0n) is 16.0. The second-order valence-electron chi connectivity index (χ2n) is 7.24. The largest absolute Gasteiger partial charge is 0.462 e. The van der Waals surface area contributed by atoms with Gasteiger partial charge in [-0.05, 0) is 33.4 Å². The number of unbranched alkanes of at least 4 members (excludes halogenated alkanes) is 8. The molecule has 24 heavy (non-hydrogen) atoms. The lowest BCUT2D eigenvalue weighted by Gasteiger charge is -2.32. The van der Waals surface area contributed by atoms with E-state index in [1.807, 2.05) is 0 Å². The fourth-order valence-corrected chi connectivity index (χ4v) is 3.03. The molecule has 0 aromatic heterocycles. The summed E-state index contributed by atoms with van der Waals surface area (Å²) in [6, 6.07) is 0. The fraction of sp³-hybridized carbons (Fsp3) is 0.850. The SMILES string of the molecule is C=C(C)C(=O)OCCCCCCCCCCCN1CCN(C)CC1. The molecule has 4 heteroatoms. The molecule has 1 aliphatic heterocycles. The molecule has 1 heterocycles. The summed E-state index contributed by atoms with van der Waals surface area (Å²) < 4.78 is 5.09. The van der Waals surface area contributed by atoms with Gasteiger partial charge in [-0.15, -0.1) is 0 Å². The lowest BCUT2D eigenvalue weighted by molar-refractivity contribution is -0.139. The average molecular weight is 339 g/mol. The van der Waals surface area contributed by atoms with Gasteiger partial charge in [-0.2, -0.15) is 0 Å². The van der Waals surface area contributed by atoms with Crippen LogP contribution in [0.3, 0.4) is 0 Å². The van der Waals surface area contributed by atoms with Crippen molar-refractivity contribution in [2.45, 2.75) is 64.7 Å². The number of hydrogen-bond donors (Lipinski definition) is 0. The first-order chi connectivity index (χ1) is 11.6. The van der Waals surface area contributed by atoms with Crippen molar-refractivity contribution in [1.82, 2.24) is 9.80 Å². The number of likely N-dealkylation sites (N-methyl/N-ethyl adjacent to an activating group) is 1. The zero-order chi connectivity index (χ0) is 17.6. The normalized spacial score (nSPS) is 16.2. The van der Waals surface area contributed by atoms with Gasteiger partial charge >= 0.3 is 5.97 Å². The monoisotopic (exact) mass is 338 g/mol. The van der Waals surface area contributed by atoms with Crippen LogP contribution in [0.1, 0.15) is 64.7 Å². The Morgan fingerprint density at radius 1 is 0.875 bits per heavy atom. The molecule has 0 radical (unpaired) electrons. The van der Waals surface area contributed by atoms with Gasteiger partial charge < -0.3 is 14.5 Å². The van der Waals surface area contributed by atoms with E-state index in [4.69, 9.17) is 4.74 Å². The molecule has 0 aromatic carbocycles. The van der Waals surface area contributed by atoms with Crippen molar-refractivity contribution < 1.29 is 9.53 Å². The first-order valence-corrected chi connectivity index (χ1v) is 9.83. The molecular formula is C20H38N2O2. The predicted molar refractivity (Wildman–Crippen MR) is 101 cm³/mol. The van der Waals surface area contributed by atoms with Crippen LogP contribution in [0.5, 0.6) is 0 Å². The standard InChI is InChI=1S/C20H38N2O2/c1-19(2)20(23)24-18-12-10-8-6-4-5-7-9-11-13-22-16-14-21(3)15-17-22/h1,4-18H2,2-3H3. The van der Waals surface area contributed by atoms with E-state index in [-0.39, 0.29) is 5.97 Å². The van der Waals surface area contributed by atoms with E-state index in [0.717, 1.165) is 12.8 Å². The Bertz CT molecular complexity index is 350. The van der Waals surface area contributed by atoms with Crippen LogP contribution in [0.15, 0.2) is 12.2 Å². The van der Waals surface area contributed by atoms with Gasteiger partial charge in [-0.1, -0.05) is 51.5 Å². The first-order valence-electron chi connectivity index (χ1n) is 9.83. The summed E-state index contributed by atoms with van der Waals surface area (Å²) in [6.45, 7) is 12.0. The minimum atomic E-state index is -0.258. The molecule has 1 aliphatic rings. The molecule has 0 amide bonds. The molecule has 140 valence electrons. The molecule has 1 saturated heterocycles. The van der Waals surface area contributed by atoms with E-state index in [2.05, 4.69) is 23.4 Å². The maximum atomic E-state index is 11.2. The predicted octanol–water partition coefficient (Wildman–Crippen LogP) is 3.86. The summed E-state index contributed by atoms with van der Waals surface area (Å²) >= 11 is 0. The maximum Gasteiger partial charge on any atom is 0.333 e. The van der Waals surface area contributed by atoms with Crippen molar-refractivity contribution in [2.24, 2.45) is 0 Å². The Kier molecular flexibility index (Phi) is 11.8. The molecule has 0 bridgehead atoms. The second-order valence-corrected chi connectivity index (χ2v) is 7.24. The van der Waals surface area contributed by atoms with Gasteiger partial charge in [0.15, 0.2) is 0 Å². The second kappa shape index (κ2) is 13.4. The molecule has 0 aliphatic carbocycles. The molecule has 0 spiro atoms. The van der Waals surface area contributed by atoms with Crippen LogP contribution in [-0.2, 0) is 9.53 Å². The van der Waals surface area contributed by atoms with Gasteiger partial charge in [0.1, 0.15) is 0 Å². The molecule has 1 fully saturated rings. The topological polar surface area (TPSA) is 32.8 Å². The minimum Gasteiger partial charge on any atom is -0.462 e. The Balaban J connectivity index is 1.76. The van der Waals surface area contributed by atoms with Gasteiger partial charge in [0.05, 0.1) is 6.61 Å². The third kappa shape index (κ3) is 10.8. The highest BCUT2D eigenvalue weighted by atomic mass is 16.5. The van der Waals surface area contributed by atoms with E-state index in [1.165, 1.54) is 77.7 Å². The average Bonchev–Trinajstić information content (AvgIpc) is 2.57. The highest BCUT2D eigenvalue weighted by Crippen LogP contribution is 2.11. The number of rotatable bonds is 13. The van der Waals surface area contributed by atoms with Crippen molar-refractivity contribution in [2.75, 3.05) is 46.4 Å². The van der Waals surface area contributed by atoms with Gasteiger partial charge in [0.2, 0.25) is 0 Å². The van der Waals surface area contributed by atoms with Crippen LogP contribution in [0, 0.1) is 0 Å². The highest BCUT2D eigenvalue weighted by Gasteiger charge is 2.12. The van der Waals surface area contributed by atoms with Gasteiger partial charge in [0.25, 0.3) is 0 Å². The zero-order valence-corrected chi connectivity index (χ0v) is 16.0. The third-order valence-corrected chi connectivity index (χ3v) is 4.80. The van der Waals surface area contributed by atoms with E-state index >= 15 is 0 Å². The van der Waals surface area contributed by atoms with Crippen molar-refractivity contribution in [3.63, 3.8) is 0 Å². The Morgan fingerprint density at radius 3 is 1.92 bits per heavy atom. The van der Waals surface area contributed by atoms with Gasteiger partial charge in [-0.25, -0.2) is 4.79 Å². The van der Waals surface area contributed by atoms with Crippen LogP contribution in [0.4, 0.5) is 0 Å². The third-order valence-electron chi connectivity index (χ3n) is 4.80. The number of ether oxygens (including phenoxy) is 1. The summed E-state index contributed by atoms with van der Waals surface area (Å²) in [4.78, 5) is 16.2. The fourth-order valence-electron chi connectivity index (χ4n) is 3.03. The van der Waals surface area contributed by atoms with Crippen LogP contribution in [0.2, 0.25) is 0 Å². The van der Waals surface area contributed by atoms with Gasteiger partial charge in [-0.3, -0.25) is 0 Å². The number of carbonyl (C=O) groups excluding carboxylic acids is 1. The number of esters is 1. The number of piperazine rings is 1. The molecule has 0 aromatic rings. The van der Waals surface area contributed by atoms with Gasteiger partial charge in [0, 0.05) is 31.8 Å². The minimum absolute atomic E-state index is 0.258. The molecular weight excluding hydrogens is 300 g/mol. The Morgan fingerprint density at radius 2 is 1.38 bits per heavy atom. The molecule has 0 unspecified atom stereocenters.